The molecule has 3 rings (SSSR count). The van der Waals surface area contributed by atoms with E-state index in [1.54, 1.807) is 6.07 Å². The zero-order chi connectivity index (χ0) is 16.4. The van der Waals surface area contributed by atoms with Crippen molar-refractivity contribution < 1.29 is 23.5 Å². The Hall–Kier alpha value is -2.09. The van der Waals surface area contributed by atoms with Gasteiger partial charge >= 0.3 is 0 Å². The highest BCUT2D eigenvalue weighted by atomic mass is 32.2. The van der Waals surface area contributed by atoms with Crippen LogP contribution in [0.2, 0.25) is 0 Å². The fourth-order valence-electron chi connectivity index (χ4n) is 2.69. The summed E-state index contributed by atoms with van der Waals surface area (Å²) >= 11 is 0.987. The minimum absolute atomic E-state index is 0.0258. The molecule has 2 saturated heterocycles. The molecule has 8 heteroatoms. The van der Waals surface area contributed by atoms with Crippen molar-refractivity contribution in [3.63, 3.8) is 0 Å². The van der Waals surface area contributed by atoms with E-state index in [0.29, 0.717) is 19.5 Å². The second-order valence-electron chi connectivity index (χ2n) is 5.32. The molecule has 0 saturated carbocycles. The summed E-state index contributed by atoms with van der Waals surface area (Å²) in [6, 6.07) is 5.60. The van der Waals surface area contributed by atoms with Crippen LogP contribution in [-0.2, 0) is 9.59 Å². The van der Waals surface area contributed by atoms with Crippen LogP contribution in [0, 0.1) is 5.82 Å². The van der Waals surface area contributed by atoms with Crippen LogP contribution in [-0.4, -0.2) is 58.3 Å². The Morgan fingerprint density at radius 2 is 2.13 bits per heavy atom. The second kappa shape index (κ2) is 6.57. The number of imide groups is 1. The highest BCUT2D eigenvalue weighted by Crippen LogP contribution is 2.26. The highest BCUT2D eigenvalue weighted by Gasteiger charge is 2.40. The molecular formula is C15H15FN2O4S. The summed E-state index contributed by atoms with van der Waals surface area (Å²) < 4.78 is 18.6. The number of carbonyl (C=O) groups excluding carboxylic acids is 3. The Morgan fingerprint density at radius 1 is 1.35 bits per heavy atom. The number of carbonyl (C=O) groups is 3. The van der Waals surface area contributed by atoms with E-state index < -0.39 is 5.82 Å². The number of benzene rings is 1. The van der Waals surface area contributed by atoms with Crippen molar-refractivity contribution in [2.45, 2.75) is 12.5 Å². The number of para-hydroxylation sites is 1. The topological polar surface area (TPSA) is 66.9 Å². The minimum atomic E-state index is -0.523. The van der Waals surface area contributed by atoms with Gasteiger partial charge in [0.15, 0.2) is 18.2 Å². The highest BCUT2D eigenvalue weighted by molar-refractivity contribution is 8.14. The predicted octanol–water partition coefficient (Wildman–Crippen LogP) is 1.50. The molecule has 2 heterocycles. The molecular weight excluding hydrogens is 323 g/mol. The zero-order valence-electron chi connectivity index (χ0n) is 12.2. The van der Waals surface area contributed by atoms with Crippen LogP contribution >= 0.6 is 11.8 Å². The van der Waals surface area contributed by atoms with E-state index in [-0.39, 0.29) is 41.2 Å². The summed E-state index contributed by atoms with van der Waals surface area (Å²) in [5, 5.41) is -0.253. The van der Waals surface area contributed by atoms with Gasteiger partial charge in [-0.1, -0.05) is 23.9 Å². The maximum atomic E-state index is 13.4. The van der Waals surface area contributed by atoms with Crippen LogP contribution in [0.15, 0.2) is 24.3 Å². The molecule has 1 aromatic rings. The quantitative estimate of drug-likeness (QED) is 0.832. The third-order valence-corrected chi connectivity index (χ3v) is 4.69. The van der Waals surface area contributed by atoms with Gasteiger partial charge in [0.1, 0.15) is 0 Å². The van der Waals surface area contributed by atoms with E-state index in [1.807, 2.05) is 0 Å². The smallest absolute Gasteiger partial charge is 0.289 e. The Kier molecular flexibility index (Phi) is 4.51. The molecule has 1 unspecified atom stereocenters. The molecule has 0 radical (unpaired) electrons. The maximum absolute atomic E-state index is 13.4. The van der Waals surface area contributed by atoms with Gasteiger partial charge in [0.05, 0.1) is 11.8 Å². The number of hydrogen-bond donors (Lipinski definition) is 0. The zero-order valence-corrected chi connectivity index (χ0v) is 13.1. The molecule has 0 bridgehead atoms. The van der Waals surface area contributed by atoms with Gasteiger partial charge in [0.2, 0.25) is 5.91 Å². The van der Waals surface area contributed by atoms with E-state index in [4.69, 9.17) is 4.74 Å². The first-order valence-electron chi connectivity index (χ1n) is 7.20. The maximum Gasteiger partial charge on any atom is 0.289 e. The van der Waals surface area contributed by atoms with E-state index in [1.165, 1.54) is 28.0 Å². The fraction of sp³-hybridized carbons (Fsp3) is 0.400. The molecule has 0 aliphatic carbocycles. The first-order chi connectivity index (χ1) is 11.1. The van der Waals surface area contributed by atoms with Crippen LogP contribution < -0.4 is 4.74 Å². The van der Waals surface area contributed by atoms with Crippen molar-refractivity contribution in [3.8, 4) is 5.75 Å². The molecule has 122 valence electrons. The Morgan fingerprint density at radius 3 is 2.83 bits per heavy atom. The standard InChI is InChI=1S/C15H15FN2O4S/c16-11-3-1-2-4-12(11)22-8-13(19)17-6-5-10(7-17)18-14(20)9-23-15(18)21/h1-4,10H,5-9H2. The molecule has 23 heavy (non-hydrogen) atoms. The van der Waals surface area contributed by atoms with Crippen molar-refractivity contribution in [1.29, 1.82) is 0 Å². The average Bonchev–Trinajstić information content (AvgIpc) is 3.13. The number of likely N-dealkylation sites (tertiary alicyclic amines) is 1. The van der Waals surface area contributed by atoms with Gasteiger partial charge in [-0.05, 0) is 18.6 Å². The Bertz CT molecular complexity index is 638. The number of rotatable bonds is 4. The molecule has 0 aromatic heterocycles. The largest absolute Gasteiger partial charge is 0.481 e. The van der Waals surface area contributed by atoms with Gasteiger partial charge in [0, 0.05) is 13.1 Å². The van der Waals surface area contributed by atoms with Crippen molar-refractivity contribution >= 4 is 28.8 Å². The van der Waals surface area contributed by atoms with E-state index >= 15 is 0 Å². The van der Waals surface area contributed by atoms with Crippen LogP contribution in [0.25, 0.3) is 0 Å². The number of ether oxygens (including phenoxy) is 1. The molecule has 2 aliphatic heterocycles. The summed E-state index contributed by atoms with van der Waals surface area (Å²) in [4.78, 5) is 38.3. The first-order valence-corrected chi connectivity index (χ1v) is 8.18. The van der Waals surface area contributed by atoms with Gasteiger partial charge in [-0.2, -0.15) is 0 Å². The van der Waals surface area contributed by atoms with Crippen LogP contribution in [0.3, 0.4) is 0 Å². The lowest BCUT2D eigenvalue weighted by molar-refractivity contribution is -0.133. The van der Waals surface area contributed by atoms with E-state index in [9.17, 15) is 18.8 Å². The molecule has 1 aromatic carbocycles. The lowest BCUT2D eigenvalue weighted by atomic mass is 10.2. The number of amides is 3. The molecule has 1 atom stereocenters. The van der Waals surface area contributed by atoms with Gasteiger partial charge in [-0.3, -0.25) is 19.3 Å². The second-order valence-corrected chi connectivity index (χ2v) is 6.25. The molecule has 2 aliphatic rings. The number of nitrogens with zero attached hydrogens (tertiary/aromatic N) is 2. The third kappa shape index (κ3) is 3.31. The van der Waals surface area contributed by atoms with Gasteiger partial charge < -0.3 is 9.64 Å². The minimum Gasteiger partial charge on any atom is -0.481 e. The van der Waals surface area contributed by atoms with Crippen LogP contribution in [0.4, 0.5) is 9.18 Å². The van der Waals surface area contributed by atoms with Crippen molar-refractivity contribution in [2.24, 2.45) is 0 Å². The molecule has 2 fully saturated rings. The van der Waals surface area contributed by atoms with Crippen molar-refractivity contribution in [3.05, 3.63) is 30.1 Å². The first kappa shape index (κ1) is 15.8. The van der Waals surface area contributed by atoms with Crippen LogP contribution in [0.1, 0.15) is 6.42 Å². The average molecular weight is 338 g/mol. The molecule has 3 amide bonds. The SMILES string of the molecule is O=C(COc1ccccc1F)N1CCC(N2C(=O)CSC2=O)C1. The number of halogens is 1. The number of hydrogen-bond acceptors (Lipinski definition) is 5. The lowest BCUT2D eigenvalue weighted by Gasteiger charge is -2.22. The normalized spacial score (nSPS) is 21.2. The summed E-state index contributed by atoms with van der Waals surface area (Å²) in [5.41, 5.74) is 0. The monoisotopic (exact) mass is 338 g/mol. The molecule has 0 spiro atoms. The van der Waals surface area contributed by atoms with Crippen molar-refractivity contribution in [2.75, 3.05) is 25.4 Å². The lowest BCUT2D eigenvalue weighted by Crippen LogP contribution is -2.42. The van der Waals surface area contributed by atoms with E-state index in [0.717, 1.165) is 11.8 Å². The third-order valence-electron chi connectivity index (χ3n) is 3.85. The van der Waals surface area contributed by atoms with Crippen LogP contribution in [0.5, 0.6) is 5.75 Å². The predicted molar refractivity (Wildman–Crippen MR) is 81.6 cm³/mol. The molecule has 0 N–H and O–H groups in total. The van der Waals surface area contributed by atoms with Gasteiger partial charge in [-0.25, -0.2) is 4.39 Å². The fourth-order valence-corrected chi connectivity index (χ4v) is 3.46. The summed E-state index contributed by atoms with van der Waals surface area (Å²) in [5.74, 6) is -0.827. The number of thioether (sulfide) groups is 1. The Balaban J connectivity index is 1.54. The summed E-state index contributed by atoms with van der Waals surface area (Å²) in [6.45, 7) is 0.480. The summed E-state index contributed by atoms with van der Waals surface area (Å²) in [6.07, 6.45) is 0.559. The summed E-state index contributed by atoms with van der Waals surface area (Å²) in [7, 11) is 0. The Labute approximate surface area is 136 Å². The van der Waals surface area contributed by atoms with Gasteiger partial charge in [0.25, 0.3) is 11.1 Å². The van der Waals surface area contributed by atoms with Gasteiger partial charge in [-0.15, -0.1) is 0 Å². The van der Waals surface area contributed by atoms with E-state index in [2.05, 4.69) is 0 Å². The van der Waals surface area contributed by atoms with Crippen molar-refractivity contribution in [1.82, 2.24) is 9.80 Å². The molecule has 6 nitrogen and oxygen atoms in total.